The molecule has 1 fully saturated rings. The fourth-order valence-corrected chi connectivity index (χ4v) is 2.91. The summed E-state index contributed by atoms with van der Waals surface area (Å²) in [4.78, 5) is 4.41. The van der Waals surface area contributed by atoms with Crippen LogP contribution in [0.15, 0.2) is 12.4 Å². The highest BCUT2D eigenvalue weighted by atomic mass is 16.5. The molecule has 0 aliphatic heterocycles. The molecular weight excluding hydrogens is 226 g/mol. The summed E-state index contributed by atoms with van der Waals surface area (Å²) in [6, 6.07) is 0.585. The average molecular weight is 251 g/mol. The van der Waals surface area contributed by atoms with Gasteiger partial charge in [0.2, 0.25) is 5.95 Å². The number of imidazole rings is 1. The van der Waals surface area contributed by atoms with Crippen molar-refractivity contribution in [2.24, 2.45) is 5.41 Å². The van der Waals surface area contributed by atoms with Crippen LogP contribution in [0, 0.1) is 5.41 Å². The summed E-state index contributed by atoms with van der Waals surface area (Å²) in [6.07, 6.45) is 9.14. The molecule has 1 unspecified atom stereocenters. The molecule has 1 N–H and O–H groups in total. The molecule has 0 aromatic carbocycles. The summed E-state index contributed by atoms with van der Waals surface area (Å²) in [5.74, 6) is 0.981. The Morgan fingerprint density at radius 3 is 3.11 bits per heavy atom. The minimum absolute atomic E-state index is 0.455. The van der Waals surface area contributed by atoms with Crippen molar-refractivity contribution in [2.75, 3.05) is 25.6 Å². The van der Waals surface area contributed by atoms with Crippen molar-refractivity contribution in [1.82, 2.24) is 9.55 Å². The Hall–Kier alpha value is -1.03. The van der Waals surface area contributed by atoms with Gasteiger partial charge in [-0.15, -0.1) is 0 Å². The lowest BCUT2D eigenvalue weighted by atomic mass is 9.75. The SMILES string of the molecule is COCCNc1nccn1C1CCCC(C)(C)C1. The molecule has 0 bridgehead atoms. The second-order valence-corrected chi connectivity index (χ2v) is 5.99. The monoisotopic (exact) mass is 251 g/mol. The number of nitrogens with one attached hydrogen (secondary N) is 1. The van der Waals surface area contributed by atoms with Gasteiger partial charge in [-0.05, 0) is 24.7 Å². The molecular formula is C14H25N3O. The van der Waals surface area contributed by atoms with E-state index in [2.05, 4.69) is 34.9 Å². The lowest BCUT2D eigenvalue weighted by Gasteiger charge is -2.36. The van der Waals surface area contributed by atoms with Crippen LogP contribution in [0.1, 0.15) is 45.6 Å². The van der Waals surface area contributed by atoms with Crippen LogP contribution in [0.4, 0.5) is 5.95 Å². The Balaban J connectivity index is 2.01. The lowest BCUT2D eigenvalue weighted by Crippen LogP contribution is -2.26. The Labute approximate surface area is 110 Å². The van der Waals surface area contributed by atoms with Gasteiger partial charge in [-0.25, -0.2) is 4.98 Å². The van der Waals surface area contributed by atoms with Crippen molar-refractivity contribution in [3.05, 3.63) is 12.4 Å². The highest BCUT2D eigenvalue weighted by Gasteiger charge is 2.29. The van der Waals surface area contributed by atoms with Crippen LogP contribution in [-0.2, 0) is 4.74 Å². The van der Waals surface area contributed by atoms with E-state index in [-0.39, 0.29) is 0 Å². The summed E-state index contributed by atoms with van der Waals surface area (Å²) in [5, 5.41) is 3.35. The topological polar surface area (TPSA) is 39.1 Å². The molecule has 18 heavy (non-hydrogen) atoms. The molecule has 1 saturated carbocycles. The molecule has 1 aromatic heterocycles. The summed E-state index contributed by atoms with van der Waals surface area (Å²) in [7, 11) is 1.72. The van der Waals surface area contributed by atoms with Crippen LogP contribution in [0.5, 0.6) is 0 Å². The van der Waals surface area contributed by atoms with Gasteiger partial charge in [-0.1, -0.05) is 20.3 Å². The molecule has 0 saturated heterocycles. The molecule has 1 aromatic rings. The van der Waals surface area contributed by atoms with E-state index in [1.165, 1.54) is 25.7 Å². The summed E-state index contributed by atoms with van der Waals surface area (Å²) in [5.41, 5.74) is 0.455. The van der Waals surface area contributed by atoms with Crippen molar-refractivity contribution >= 4 is 5.95 Å². The Bertz CT molecular complexity index is 373. The number of ether oxygens (including phenoxy) is 1. The number of aromatic nitrogens is 2. The number of rotatable bonds is 5. The van der Waals surface area contributed by atoms with E-state index in [0.29, 0.717) is 18.1 Å². The van der Waals surface area contributed by atoms with Crippen LogP contribution in [0.2, 0.25) is 0 Å². The summed E-state index contributed by atoms with van der Waals surface area (Å²) < 4.78 is 7.36. The van der Waals surface area contributed by atoms with E-state index in [9.17, 15) is 0 Å². The van der Waals surface area contributed by atoms with Gasteiger partial charge in [-0.2, -0.15) is 0 Å². The molecule has 1 aliphatic rings. The molecule has 0 amide bonds. The normalized spacial score (nSPS) is 22.9. The third kappa shape index (κ3) is 3.25. The van der Waals surface area contributed by atoms with Crippen molar-refractivity contribution in [2.45, 2.75) is 45.6 Å². The third-order valence-corrected chi connectivity index (χ3v) is 3.83. The fourth-order valence-electron chi connectivity index (χ4n) is 2.91. The van der Waals surface area contributed by atoms with Crippen molar-refractivity contribution in [1.29, 1.82) is 0 Å². The van der Waals surface area contributed by atoms with Gasteiger partial charge < -0.3 is 14.6 Å². The van der Waals surface area contributed by atoms with E-state index in [1.807, 2.05) is 6.20 Å². The molecule has 4 nitrogen and oxygen atoms in total. The van der Waals surface area contributed by atoms with Gasteiger partial charge in [-0.3, -0.25) is 0 Å². The largest absolute Gasteiger partial charge is 0.383 e. The third-order valence-electron chi connectivity index (χ3n) is 3.83. The maximum absolute atomic E-state index is 5.06. The van der Waals surface area contributed by atoms with Crippen LogP contribution >= 0.6 is 0 Å². The predicted octanol–water partition coefficient (Wildman–Crippen LogP) is 3.08. The first kappa shape index (κ1) is 13.4. The Morgan fingerprint density at radius 2 is 2.39 bits per heavy atom. The summed E-state index contributed by atoms with van der Waals surface area (Å²) >= 11 is 0. The number of hydrogen-bond acceptors (Lipinski definition) is 3. The van der Waals surface area contributed by atoms with Crippen LogP contribution in [0.3, 0.4) is 0 Å². The first-order valence-corrected chi connectivity index (χ1v) is 6.88. The second-order valence-electron chi connectivity index (χ2n) is 5.99. The van der Waals surface area contributed by atoms with Crippen LogP contribution in [-0.4, -0.2) is 29.8 Å². The standard InChI is InChI=1S/C14H25N3O/c1-14(2)6-4-5-12(11-14)17-9-7-15-13(17)16-8-10-18-3/h7,9,12H,4-6,8,10-11H2,1-3H3,(H,15,16). The summed E-state index contributed by atoms with van der Waals surface area (Å²) in [6.45, 7) is 6.26. The molecule has 1 heterocycles. The molecule has 1 atom stereocenters. The minimum atomic E-state index is 0.455. The van der Waals surface area contributed by atoms with E-state index in [0.717, 1.165) is 12.5 Å². The highest BCUT2D eigenvalue weighted by Crippen LogP contribution is 2.41. The molecule has 0 spiro atoms. The van der Waals surface area contributed by atoms with E-state index >= 15 is 0 Å². The molecule has 0 radical (unpaired) electrons. The van der Waals surface area contributed by atoms with Gasteiger partial charge >= 0.3 is 0 Å². The van der Waals surface area contributed by atoms with Crippen molar-refractivity contribution < 1.29 is 4.74 Å². The Kier molecular flexibility index (Phi) is 4.27. The van der Waals surface area contributed by atoms with Crippen molar-refractivity contribution in [3.63, 3.8) is 0 Å². The molecule has 102 valence electrons. The second kappa shape index (κ2) is 5.74. The van der Waals surface area contributed by atoms with E-state index in [1.54, 1.807) is 7.11 Å². The Morgan fingerprint density at radius 1 is 1.56 bits per heavy atom. The van der Waals surface area contributed by atoms with Gasteiger partial charge in [0.15, 0.2) is 0 Å². The average Bonchev–Trinajstić information content (AvgIpc) is 2.76. The number of nitrogens with zero attached hydrogens (tertiary/aromatic N) is 2. The zero-order valence-corrected chi connectivity index (χ0v) is 11.8. The zero-order chi connectivity index (χ0) is 13.0. The predicted molar refractivity (Wildman–Crippen MR) is 73.9 cm³/mol. The van der Waals surface area contributed by atoms with Gasteiger partial charge in [0.05, 0.1) is 6.61 Å². The maximum atomic E-state index is 5.06. The molecule has 1 aliphatic carbocycles. The number of anilines is 1. The van der Waals surface area contributed by atoms with Crippen LogP contribution in [0.25, 0.3) is 0 Å². The smallest absolute Gasteiger partial charge is 0.203 e. The first-order valence-electron chi connectivity index (χ1n) is 6.88. The van der Waals surface area contributed by atoms with E-state index < -0.39 is 0 Å². The quantitative estimate of drug-likeness (QED) is 0.817. The highest BCUT2D eigenvalue weighted by molar-refractivity contribution is 5.26. The molecule has 2 rings (SSSR count). The van der Waals surface area contributed by atoms with Gasteiger partial charge in [0.1, 0.15) is 0 Å². The fraction of sp³-hybridized carbons (Fsp3) is 0.786. The van der Waals surface area contributed by atoms with E-state index in [4.69, 9.17) is 4.74 Å². The zero-order valence-electron chi connectivity index (χ0n) is 11.8. The lowest BCUT2D eigenvalue weighted by molar-refractivity contribution is 0.184. The first-order chi connectivity index (χ1) is 8.62. The maximum Gasteiger partial charge on any atom is 0.203 e. The van der Waals surface area contributed by atoms with Gasteiger partial charge in [0, 0.05) is 32.1 Å². The number of methoxy groups -OCH3 is 1. The van der Waals surface area contributed by atoms with Crippen molar-refractivity contribution in [3.8, 4) is 0 Å². The molecule has 4 heteroatoms. The minimum Gasteiger partial charge on any atom is -0.383 e. The van der Waals surface area contributed by atoms with Crippen LogP contribution < -0.4 is 5.32 Å². The number of hydrogen-bond donors (Lipinski definition) is 1. The van der Waals surface area contributed by atoms with Gasteiger partial charge in [0.25, 0.3) is 0 Å².